The highest BCUT2D eigenvalue weighted by atomic mass is 19.1. The average molecular weight is 265 g/mol. The molecule has 3 nitrogen and oxygen atoms in total. The van der Waals surface area contributed by atoms with Crippen molar-refractivity contribution in [3.05, 3.63) is 70.1 Å². The van der Waals surface area contributed by atoms with Crippen LogP contribution in [0, 0.1) is 17.1 Å². The minimum atomic E-state index is -0.595. The lowest BCUT2D eigenvalue weighted by Crippen LogP contribution is -2.02. The third kappa shape index (κ3) is 1.95. The second-order valence-corrected chi connectivity index (χ2v) is 4.28. The molecule has 0 N–H and O–H groups in total. The number of halogens is 1. The minimum absolute atomic E-state index is 0.0510. The SMILES string of the molecule is N#Cc1ccc(-c2cc(=O)c3c(F)cccc3o2)cc1. The molecule has 96 valence electrons. The molecule has 0 saturated heterocycles. The van der Waals surface area contributed by atoms with Crippen LogP contribution in [0.2, 0.25) is 0 Å². The van der Waals surface area contributed by atoms with Gasteiger partial charge in [0.15, 0.2) is 5.43 Å². The molecule has 0 aliphatic carbocycles. The first-order valence-electron chi connectivity index (χ1n) is 5.92. The second kappa shape index (κ2) is 4.63. The molecule has 0 radical (unpaired) electrons. The van der Waals surface area contributed by atoms with E-state index in [9.17, 15) is 9.18 Å². The Hall–Kier alpha value is -2.93. The Labute approximate surface area is 113 Å². The maximum absolute atomic E-state index is 13.6. The molecule has 0 aliphatic rings. The molecule has 2 aromatic carbocycles. The van der Waals surface area contributed by atoms with Gasteiger partial charge in [0.05, 0.1) is 11.6 Å². The highest BCUT2D eigenvalue weighted by Crippen LogP contribution is 2.23. The molecular formula is C16H8FNO2. The molecule has 4 heteroatoms. The first kappa shape index (κ1) is 12.1. The summed E-state index contributed by atoms with van der Waals surface area (Å²) >= 11 is 0. The standard InChI is InChI=1S/C16H8FNO2/c17-12-2-1-3-14-16(12)13(19)8-15(20-14)11-6-4-10(9-18)5-7-11/h1-8H. The zero-order chi connectivity index (χ0) is 14.1. The Bertz CT molecular complexity index is 889. The topological polar surface area (TPSA) is 54.0 Å². The van der Waals surface area contributed by atoms with Crippen LogP contribution in [0.1, 0.15) is 5.56 Å². The van der Waals surface area contributed by atoms with E-state index in [0.29, 0.717) is 16.9 Å². The summed E-state index contributed by atoms with van der Waals surface area (Å²) in [5, 5.41) is 8.70. The van der Waals surface area contributed by atoms with Crippen LogP contribution in [0.15, 0.2) is 57.7 Å². The minimum Gasteiger partial charge on any atom is -0.456 e. The van der Waals surface area contributed by atoms with Crippen LogP contribution >= 0.6 is 0 Å². The van der Waals surface area contributed by atoms with Gasteiger partial charge in [-0.25, -0.2) is 4.39 Å². The summed E-state index contributed by atoms with van der Waals surface area (Å²) in [6.07, 6.45) is 0. The Balaban J connectivity index is 2.22. The van der Waals surface area contributed by atoms with Gasteiger partial charge in [0, 0.05) is 11.6 Å². The van der Waals surface area contributed by atoms with Crippen molar-refractivity contribution in [1.29, 1.82) is 5.26 Å². The molecule has 0 unspecified atom stereocenters. The number of benzene rings is 2. The van der Waals surface area contributed by atoms with Crippen LogP contribution < -0.4 is 5.43 Å². The molecule has 0 aliphatic heterocycles. The zero-order valence-electron chi connectivity index (χ0n) is 10.3. The highest BCUT2D eigenvalue weighted by Gasteiger charge is 2.10. The third-order valence-corrected chi connectivity index (χ3v) is 3.00. The Kier molecular flexibility index (Phi) is 2.81. The fraction of sp³-hybridized carbons (Fsp3) is 0. The van der Waals surface area contributed by atoms with Gasteiger partial charge in [-0.3, -0.25) is 4.79 Å². The Morgan fingerprint density at radius 2 is 1.85 bits per heavy atom. The van der Waals surface area contributed by atoms with E-state index in [-0.39, 0.29) is 11.0 Å². The molecule has 3 rings (SSSR count). The van der Waals surface area contributed by atoms with Crippen LogP contribution in [-0.4, -0.2) is 0 Å². The maximum atomic E-state index is 13.6. The number of nitriles is 1. The monoisotopic (exact) mass is 265 g/mol. The predicted octanol–water partition coefficient (Wildman–Crippen LogP) is 3.47. The van der Waals surface area contributed by atoms with E-state index in [2.05, 4.69) is 0 Å². The van der Waals surface area contributed by atoms with E-state index < -0.39 is 11.2 Å². The van der Waals surface area contributed by atoms with E-state index in [4.69, 9.17) is 9.68 Å². The quantitative estimate of drug-likeness (QED) is 0.677. The average Bonchev–Trinajstić information content (AvgIpc) is 2.47. The van der Waals surface area contributed by atoms with Crippen LogP contribution in [0.5, 0.6) is 0 Å². The van der Waals surface area contributed by atoms with Gasteiger partial charge in [-0.05, 0) is 36.4 Å². The van der Waals surface area contributed by atoms with Gasteiger partial charge in [0.2, 0.25) is 0 Å². The molecule has 1 heterocycles. The van der Waals surface area contributed by atoms with Crippen molar-refractivity contribution >= 4 is 11.0 Å². The molecule has 0 fully saturated rings. The fourth-order valence-corrected chi connectivity index (χ4v) is 2.02. The van der Waals surface area contributed by atoms with Crippen LogP contribution in [0.25, 0.3) is 22.3 Å². The second-order valence-electron chi connectivity index (χ2n) is 4.28. The first-order valence-corrected chi connectivity index (χ1v) is 5.92. The predicted molar refractivity (Wildman–Crippen MR) is 72.6 cm³/mol. The molecule has 0 saturated carbocycles. The van der Waals surface area contributed by atoms with Crippen molar-refractivity contribution in [1.82, 2.24) is 0 Å². The molecule has 1 aromatic heterocycles. The highest BCUT2D eigenvalue weighted by molar-refractivity contribution is 5.79. The van der Waals surface area contributed by atoms with E-state index in [1.807, 2.05) is 6.07 Å². The largest absolute Gasteiger partial charge is 0.456 e. The van der Waals surface area contributed by atoms with Crippen LogP contribution in [0.4, 0.5) is 4.39 Å². The molecule has 3 aromatic rings. The van der Waals surface area contributed by atoms with Crippen molar-refractivity contribution in [3.63, 3.8) is 0 Å². The van der Waals surface area contributed by atoms with Gasteiger partial charge in [0.1, 0.15) is 22.5 Å². The fourth-order valence-electron chi connectivity index (χ4n) is 2.02. The summed E-state index contributed by atoms with van der Waals surface area (Å²) in [5.41, 5.74) is 0.954. The smallest absolute Gasteiger partial charge is 0.196 e. The van der Waals surface area contributed by atoms with E-state index in [1.54, 1.807) is 30.3 Å². The van der Waals surface area contributed by atoms with Gasteiger partial charge in [-0.15, -0.1) is 0 Å². The van der Waals surface area contributed by atoms with Crippen molar-refractivity contribution in [2.24, 2.45) is 0 Å². The van der Waals surface area contributed by atoms with E-state index >= 15 is 0 Å². The summed E-state index contributed by atoms with van der Waals surface area (Å²) in [6.45, 7) is 0. The number of fused-ring (bicyclic) bond motifs is 1. The number of hydrogen-bond donors (Lipinski definition) is 0. The number of nitrogens with zero attached hydrogens (tertiary/aromatic N) is 1. The summed E-state index contributed by atoms with van der Waals surface area (Å²) in [6, 6.07) is 14.2. The first-order chi connectivity index (χ1) is 9.69. The van der Waals surface area contributed by atoms with Crippen molar-refractivity contribution < 1.29 is 8.81 Å². The molecule has 20 heavy (non-hydrogen) atoms. The van der Waals surface area contributed by atoms with Crippen LogP contribution in [-0.2, 0) is 0 Å². The van der Waals surface area contributed by atoms with Gasteiger partial charge >= 0.3 is 0 Å². The summed E-state index contributed by atoms with van der Waals surface area (Å²) in [4.78, 5) is 12.0. The van der Waals surface area contributed by atoms with Gasteiger partial charge in [-0.2, -0.15) is 5.26 Å². The van der Waals surface area contributed by atoms with E-state index in [1.165, 1.54) is 18.2 Å². The summed E-state index contributed by atoms with van der Waals surface area (Å²) < 4.78 is 19.1. The van der Waals surface area contributed by atoms with Gasteiger partial charge < -0.3 is 4.42 Å². The molecule has 0 atom stereocenters. The van der Waals surface area contributed by atoms with Crippen LogP contribution in [0.3, 0.4) is 0 Å². The third-order valence-electron chi connectivity index (χ3n) is 3.00. The van der Waals surface area contributed by atoms with Crippen molar-refractivity contribution in [2.75, 3.05) is 0 Å². The van der Waals surface area contributed by atoms with Gasteiger partial charge in [0.25, 0.3) is 0 Å². The normalized spacial score (nSPS) is 10.4. The molecule has 0 amide bonds. The lowest BCUT2D eigenvalue weighted by Gasteiger charge is -2.03. The number of rotatable bonds is 1. The van der Waals surface area contributed by atoms with Crippen molar-refractivity contribution in [3.8, 4) is 17.4 Å². The summed E-state index contributed by atoms with van der Waals surface area (Å²) in [5.74, 6) is -0.250. The van der Waals surface area contributed by atoms with E-state index in [0.717, 1.165) is 0 Å². The lowest BCUT2D eigenvalue weighted by atomic mass is 10.1. The zero-order valence-corrected chi connectivity index (χ0v) is 10.3. The summed E-state index contributed by atoms with van der Waals surface area (Å²) in [7, 11) is 0. The Morgan fingerprint density at radius 3 is 2.55 bits per heavy atom. The Morgan fingerprint density at radius 1 is 1.10 bits per heavy atom. The molecular weight excluding hydrogens is 257 g/mol. The number of hydrogen-bond acceptors (Lipinski definition) is 3. The van der Waals surface area contributed by atoms with Gasteiger partial charge in [-0.1, -0.05) is 6.07 Å². The molecule has 0 bridgehead atoms. The molecule has 0 spiro atoms. The van der Waals surface area contributed by atoms with Crippen molar-refractivity contribution in [2.45, 2.75) is 0 Å². The lowest BCUT2D eigenvalue weighted by molar-refractivity contribution is 0.604. The maximum Gasteiger partial charge on any atom is 0.196 e.